The van der Waals surface area contributed by atoms with Gasteiger partial charge in [-0.1, -0.05) is 13.3 Å². The van der Waals surface area contributed by atoms with Crippen LogP contribution in [0, 0.1) is 3.57 Å². The van der Waals surface area contributed by atoms with Gasteiger partial charge in [-0.15, -0.1) is 11.6 Å². The third-order valence-electron chi connectivity index (χ3n) is 2.61. The lowest BCUT2D eigenvalue weighted by Crippen LogP contribution is -1.96. The van der Waals surface area contributed by atoms with Crippen LogP contribution in [0.5, 0.6) is 11.6 Å². The first-order chi connectivity index (χ1) is 9.21. The molecule has 0 aliphatic heterocycles. The number of halogens is 2. The average Bonchev–Trinajstić information content (AvgIpc) is 2.41. The van der Waals surface area contributed by atoms with Crippen LogP contribution < -0.4 is 4.74 Å². The minimum absolute atomic E-state index is 0.474. The van der Waals surface area contributed by atoms with Crippen molar-refractivity contribution < 1.29 is 4.74 Å². The Kier molecular flexibility index (Phi) is 5.45. The van der Waals surface area contributed by atoms with Gasteiger partial charge in [-0.2, -0.15) is 0 Å². The van der Waals surface area contributed by atoms with Crippen molar-refractivity contribution in [3.05, 3.63) is 51.2 Å². The molecule has 2 nitrogen and oxygen atoms in total. The SMILES string of the molecule is CCCc1cc(CCl)cc(Oc2ccc(I)cc2)n1. The summed E-state index contributed by atoms with van der Waals surface area (Å²) < 4.78 is 6.97. The van der Waals surface area contributed by atoms with Crippen LogP contribution in [0.2, 0.25) is 0 Å². The van der Waals surface area contributed by atoms with E-state index in [-0.39, 0.29) is 0 Å². The number of nitrogens with zero attached hydrogens (tertiary/aromatic N) is 1. The maximum Gasteiger partial charge on any atom is 0.219 e. The van der Waals surface area contributed by atoms with Gasteiger partial charge in [0, 0.05) is 21.2 Å². The van der Waals surface area contributed by atoms with Gasteiger partial charge in [0.15, 0.2) is 0 Å². The fraction of sp³-hybridized carbons (Fsp3) is 0.267. The van der Waals surface area contributed by atoms with Crippen LogP contribution in [0.25, 0.3) is 0 Å². The van der Waals surface area contributed by atoms with Crippen LogP contribution >= 0.6 is 34.2 Å². The van der Waals surface area contributed by atoms with Crippen LogP contribution in [0.15, 0.2) is 36.4 Å². The summed E-state index contributed by atoms with van der Waals surface area (Å²) in [5, 5.41) is 0. The van der Waals surface area contributed by atoms with Gasteiger partial charge in [0.05, 0.1) is 0 Å². The fourth-order valence-electron chi connectivity index (χ4n) is 1.76. The first-order valence-corrected chi connectivity index (χ1v) is 7.82. The Labute approximate surface area is 132 Å². The number of hydrogen-bond donors (Lipinski definition) is 0. The van der Waals surface area contributed by atoms with Gasteiger partial charge in [-0.05, 0) is 64.9 Å². The Morgan fingerprint density at radius 1 is 1.21 bits per heavy atom. The lowest BCUT2D eigenvalue weighted by atomic mass is 10.2. The second-order valence-electron chi connectivity index (χ2n) is 4.24. The predicted octanol–water partition coefficient (Wildman–Crippen LogP) is 5.17. The van der Waals surface area contributed by atoms with E-state index in [1.54, 1.807) is 0 Å². The standard InChI is InChI=1S/C15H15ClINO/c1-2-3-13-8-11(10-16)9-15(18-13)19-14-6-4-12(17)5-7-14/h4-9H,2-3,10H2,1H3. The quantitative estimate of drug-likeness (QED) is 0.521. The molecule has 100 valence electrons. The van der Waals surface area contributed by atoms with Gasteiger partial charge < -0.3 is 4.74 Å². The summed E-state index contributed by atoms with van der Waals surface area (Å²) >= 11 is 8.18. The largest absolute Gasteiger partial charge is 0.439 e. The molecule has 4 heteroatoms. The summed E-state index contributed by atoms with van der Waals surface area (Å²) in [6.07, 6.45) is 2.00. The van der Waals surface area contributed by atoms with Crippen molar-refractivity contribution in [3.8, 4) is 11.6 Å². The maximum atomic E-state index is 5.91. The molecule has 0 spiro atoms. The van der Waals surface area contributed by atoms with Gasteiger partial charge in [-0.25, -0.2) is 4.98 Å². The molecule has 0 aliphatic rings. The molecule has 1 aromatic carbocycles. The number of alkyl halides is 1. The molecule has 0 radical (unpaired) electrons. The first kappa shape index (κ1) is 14.6. The number of aromatic nitrogens is 1. The normalized spacial score (nSPS) is 10.5. The van der Waals surface area contributed by atoms with Crippen LogP contribution in [0.3, 0.4) is 0 Å². The zero-order chi connectivity index (χ0) is 13.7. The Hall–Kier alpha value is -0.810. The summed E-state index contributed by atoms with van der Waals surface area (Å²) in [6, 6.07) is 11.8. The van der Waals surface area contributed by atoms with Crippen molar-refractivity contribution >= 4 is 34.2 Å². The zero-order valence-electron chi connectivity index (χ0n) is 10.7. The minimum Gasteiger partial charge on any atom is -0.439 e. The highest BCUT2D eigenvalue weighted by molar-refractivity contribution is 14.1. The molecule has 0 saturated carbocycles. The Morgan fingerprint density at radius 2 is 1.95 bits per heavy atom. The smallest absolute Gasteiger partial charge is 0.219 e. The molecule has 0 N–H and O–H groups in total. The van der Waals surface area contributed by atoms with Crippen LogP contribution in [0.4, 0.5) is 0 Å². The predicted molar refractivity (Wildman–Crippen MR) is 87.0 cm³/mol. The van der Waals surface area contributed by atoms with Crippen molar-refractivity contribution in [3.63, 3.8) is 0 Å². The first-order valence-electron chi connectivity index (χ1n) is 6.20. The Bertz CT molecular complexity index is 542. The Morgan fingerprint density at radius 3 is 2.58 bits per heavy atom. The van der Waals surface area contributed by atoms with Crippen molar-refractivity contribution in [2.45, 2.75) is 25.6 Å². The highest BCUT2D eigenvalue weighted by Gasteiger charge is 2.04. The number of pyridine rings is 1. The van der Waals surface area contributed by atoms with Crippen molar-refractivity contribution in [1.29, 1.82) is 0 Å². The summed E-state index contributed by atoms with van der Waals surface area (Å²) in [6.45, 7) is 2.13. The van der Waals surface area contributed by atoms with Crippen molar-refractivity contribution in [2.75, 3.05) is 0 Å². The van der Waals surface area contributed by atoms with E-state index in [4.69, 9.17) is 16.3 Å². The second kappa shape index (κ2) is 7.10. The van der Waals surface area contributed by atoms with E-state index in [0.29, 0.717) is 11.8 Å². The molecule has 0 saturated heterocycles. The molecule has 19 heavy (non-hydrogen) atoms. The molecular formula is C15H15ClINO. The van der Waals surface area contributed by atoms with E-state index in [1.165, 1.54) is 3.57 Å². The third kappa shape index (κ3) is 4.35. The van der Waals surface area contributed by atoms with Gasteiger partial charge >= 0.3 is 0 Å². The Balaban J connectivity index is 2.23. The van der Waals surface area contributed by atoms with E-state index < -0.39 is 0 Å². The van der Waals surface area contributed by atoms with E-state index in [2.05, 4.69) is 34.5 Å². The third-order valence-corrected chi connectivity index (χ3v) is 3.64. The second-order valence-corrected chi connectivity index (χ2v) is 5.76. The number of ether oxygens (including phenoxy) is 1. The monoisotopic (exact) mass is 387 g/mol. The van der Waals surface area contributed by atoms with Gasteiger partial charge in [0.25, 0.3) is 0 Å². The average molecular weight is 388 g/mol. The van der Waals surface area contributed by atoms with E-state index in [9.17, 15) is 0 Å². The molecule has 2 aromatic rings. The highest BCUT2D eigenvalue weighted by Crippen LogP contribution is 2.23. The molecule has 1 aromatic heterocycles. The maximum absolute atomic E-state index is 5.91. The molecule has 2 rings (SSSR count). The van der Waals surface area contributed by atoms with E-state index in [0.717, 1.165) is 29.8 Å². The molecule has 0 aliphatic carbocycles. The molecule has 1 heterocycles. The van der Waals surface area contributed by atoms with Crippen LogP contribution in [-0.2, 0) is 12.3 Å². The topological polar surface area (TPSA) is 22.1 Å². The van der Waals surface area contributed by atoms with E-state index >= 15 is 0 Å². The molecule has 0 amide bonds. The summed E-state index contributed by atoms with van der Waals surface area (Å²) in [5.74, 6) is 1.88. The summed E-state index contributed by atoms with van der Waals surface area (Å²) in [4.78, 5) is 4.51. The molecule has 0 bridgehead atoms. The van der Waals surface area contributed by atoms with Crippen LogP contribution in [-0.4, -0.2) is 4.98 Å². The highest BCUT2D eigenvalue weighted by atomic mass is 127. The number of rotatable bonds is 5. The fourth-order valence-corrected chi connectivity index (χ4v) is 2.27. The van der Waals surface area contributed by atoms with Gasteiger partial charge in [-0.3, -0.25) is 0 Å². The molecule has 0 unspecified atom stereocenters. The molecular weight excluding hydrogens is 373 g/mol. The number of hydrogen-bond acceptors (Lipinski definition) is 2. The van der Waals surface area contributed by atoms with Crippen molar-refractivity contribution in [1.82, 2.24) is 4.98 Å². The van der Waals surface area contributed by atoms with Crippen LogP contribution in [0.1, 0.15) is 24.6 Å². The van der Waals surface area contributed by atoms with Gasteiger partial charge in [0.2, 0.25) is 5.88 Å². The van der Waals surface area contributed by atoms with Crippen molar-refractivity contribution in [2.24, 2.45) is 0 Å². The minimum atomic E-state index is 0.474. The number of aryl methyl sites for hydroxylation is 1. The lowest BCUT2D eigenvalue weighted by molar-refractivity contribution is 0.460. The van der Waals surface area contributed by atoms with E-state index in [1.807, 2.05) is 36.4 Å². The summed E-state index contributed by atoms with van der Waals surface area (Å²) in [7, 11) is 0. The number of benzene rings is 1. The molecule has 0 atom stereocenters. The van der Waals surface area contributed by atoms with Gasteiger partial charge in [0.1, 0.15) is 5.75 Å². The summed E-state index contributed by atoms with van der Waals surface area (Å²) in [5.41, 5.74) is 2.07. The molecule has 0 fully saturated rings. The lowest BCUT2D eigenvalue weighted by Gasteiger charge is -2.08. The zero-order valence-corrected chi connectivity index (χ0v) is 13.6.